The lowest BCUT2D eigenvalue weighted by Gasteiger charge is -2.11. The van der Waals surface area contributed by atoms with Gasteiger partial charge >= 0.3 is 0 Å². The summed E-state index contributed by atoms with van der Waals surface area (Å²) in [7, 11) is 1.60. The number of hydrogen-bond acceptors (Lipinski definition) is 4. The molecular weight excluding hydrogens is 346 g/mol. The van der Waals surface area contributed by atoms with E-state index in [4.69, 9.17) is 9.47 Å². The number of anilines is 1. The second-order valence-electron chi connectivity index (χ2n) is 6.01. The van der Waals surface area contributed by atoms with Gasteiger partial charge in [-0.05, 0) is 48.6 Å². The van der Waals surface area contributed by atoms with Crippen molar-refractivity contribution in [2.24, 2.45) is 0 Å². The Labute approximate surface area is 157 Å². The largest absolute Gasteiger partial charge is 0.497 e. The Bertz CT molecular complexity index is 897. The van der Waals surface area contributed by atoms with Crippen LogP contribution in [0.1, 0.15) is 26.4 Å². The highest BCUT2D eigenvalue weighted by Gasteiger charge is 2.11. The van der Waals surface area contributed by atoms with E-state index in [2.05, 4.69) is 5.32 Å². The average Bonchev–Trinajstić information content (AvgIpc) is 3.10. The Balaban J connectivity index is 1.64. The van der Waals surface area contributed by atoms with Gasteiger partial charge in [0, 0.05) is 17.3 Å². The summed E-state index contributed by atoms with van der Waals surface area (Å²) in [5.74, 6) is 1.47. The standard InChI is InChI=1S/C21H21NO3S/c1-14-6-4-7-15(2)20(14)25-12-16-10-19(26-13-16)21(23)22-17-8-5-9-18(11-17)24-3/h4-11,13H,12H2,1-3H3,(H,22,23). The second kappa shape index (κ2) is 8.06. The lowest BCUT2D eigenvalue weighted by atomic mass is 10.1. The van der Waals surface area contributed by atoms with E-state index in [9.17, 15) is 4.79 Å². The quantitative estimate of drug-likeness (QED) is 0.651. The minimum absolute atomic E-state index is 0.137. The van der Waals surface area contributed by atoms with E-state index in [0.29, 0.717) is 22.9 Å². The van der Waals surface area contributed by atoms with E-state index in [1.54, 1.807) is 13.2 Å². The summed E-state index contributed by atoms with van der Waals surface area (Å²) in [4.78, 5) is 13.1. The summed E-state index contributed by atoms with van der Waals surface area (Å²) in [6, 6.07) is 15.2. The number of amides is 1. The molecule has 0 saturated carbocycles. The number of carbonyl (C=O) groups excluding carboxylic acids is 1. The molecular formula is C21H21NO3S. The van der Waals surface area contributed by atoms with Gasteiger partial charge < -0.3 is 14.8 Å². The Morgan fingerprint density at radius 1 is 1.08 bits per heavy atom. The number of rotatable bonds is 6. The van der Waals surface area contributed by atoms with E-state index >= 15 is 0 Å². The first-order chi connectivity index (χ1) is 12.6. The number of methoxy groups -OCH3 is 1. The Kier molecular flexibility index (Phi) is 5.58. The van der Waals surface area contributed by atoms with Gasteiger partial charge in [-0.3, -0.25) is 4.79 Å². The molecule has 0 spiro atoms. The third-order valence-electron chi connectivity index (χ3n) is 4.00. The van der Waals surface area contributed by atoms with Crippen LogP contribution < -0.4 is 14.8 Å². The minimum Gasteiger partial charge on any atom is -0.497 e. The van der Waals surface area contributed by atoms with Crippen LogP contribution in [0.5, 0.6) is 11.5 Å². The number of thiophene rings is 1. The van der Waals surface area contributed by atoms with Crippen molar-refractivity contribution in [2.75, 3.05) is 12.4 Å². The number of nitrogens with one attached hydrogen (secondary N) is 1. The van der Waals surface area contributed by atoms with Crippen LogP contribution in [0.4, 0.5) is 5.69 Å². The summed E-state index contributed by atoms with van der Waals surface area (Å²) in [6.45, 7) is 4.50. The van der Waals surface area contributed by atoms with Crippen LogP contribution >= 0.6 is 11.3 Å². The van der Waals surface area contributed by atoms with Crippen LogP contribution in [0, 0.1) is 13.8 Å². The van der Waals surface area contributed by atoms with E-state index < -0.39 is 0 Å². The molecule has 4 nitrogen and oxygen atoms in total. The maximum absolute atomic E-state index is 12.4. The van der Waals surface area contributed by atoms with Crippen molar-refractivity contribution in [3.05, 3.63) is 75.5 Å². The molecule has 1 aromatic heterocycles. The van der Waals surface area contributed by atoms with Crippen molar-refractivity contribution in [3.8, 4) is 11.5 Å². The smallest absolute Gasteiger partial charge is 0.265 e. The molecule has 3 aromatic rings. The molecule has 1 amide bonds. The first kappa shape index (κ1) is 18.0. The second-order valence-corrected chi connectivity index (χ2v) is 6.93. The predicted octanol–water partition coefficient (Wildman–Crippen LogP) is 5.20. The highest BCUT2D eigenvalue weighted by atomic mass is 32.1. The zero-order valence-electron chi connectivity index (χ0n) is 15.0. The van der Waals surface area contributed by atoms with Gasteiger partial charge in [-0.2, -0.15) is 0 Å². The third kappa shape index (κ3) is 4.24. The van der Waals surface area contributed by atoms with Crippen molar-refractivity contribution >= 4 is 22.9 Å². The summed E-state index contributed by atoms with van der Waals surface area (Å²) in [5, 5.41) is 4.84. The highest BCUT2D eigenvalue weighted by Crippen LogP contribution is 2.25. The van der Waals surface area contributed by atoms with E-state index in [1.807, 2.05) is 61.7 Å². The molecule has 3 rings (SSSR count). The average molecular weight is 367 g/mol. The Hall–Kier alpha value is -2.79. The first-order valence-electron chi connectivity index (χ1n) is 8.28. The van der Waals surface area contributed by atoms with Gasteiger partial charge in [-0.15, -0.1) is 11.3 Å². The fraction of sp³-hybridized carbons (Fsp3) is 0.190. The molecule has 0 aliphatic heterocycles. The number of carbonyl (C=O) groups is 1. The van der Waals surface area contributed by atoms with E-state index in [1.165, 1.54) is 11.3 Å². The third-order valence-corrected chi connectivity index (χ3v) is 4.97. The van der Waals surface area contributed by atoms with Gasteiger partial charge in [-0.1, -0.05) is 24.3 Å². The zero-order valence-corrected chi connectivity index (χ0v) is 15.9. The summed E-state index contributed by atoms with van der Waals surface area (Å²) in [6.07, 6.45) is 0. The maximum Gasteiger partial charge on any atom is 0.265 e. The van der Waals surface area contributed by atoms with Gasteiger partial charge in [-0.25, -0.2) is 0 Å². The summed E-state index contributed by atoms with van der Waals surface area (Å²) < 4.78 is 11.1. The van der Waals surface area contributed by atoms with Crippen molar-refractivity contribution in [2.45, 2.75) is 20.5 Å². The topological polar surface area (TPSA) is 47.6 Å². The van der Waals surface area contributed by atoms with Crippen LogP contribution in [0.15, 0.2) is 53.9 Å². The molecule has 2 aromatic carbocycles. The Morgan fingerprint density at radius 3 is 2.54 bits per heavy atom. The molecule has 0 unspecified atom stereocenters. The molecule has 0 aliphatic carbocycles. The highest BCUT2D eigenvalue weighted by molar-refractivity contribution is 7.12. The van der Waals surface area contributed by atoms with Crippen molar-refractivity contribution in [1.82, 2.24) is 0 Å². The van der Waals surface area contributed by atoms with E-state index in [0.717, 1.165) is 22.4 Å². The van der Waals surface area contributed by atoms with Gasteiger partial charge in [0.05, 0.1) is 12.0 Å². The molecule has 0 radical (unpaired) electrons. The van der Waals surface area contributed by atoms with Crippen molar-refractivity contribution < 1.29 is 14.3 Å². The van der Waals surface area contributed by atoms with Crippen LogP contribution in [0.25, 0.3) is 0 Å². The lowest BCUT2D eigenvalue weighted by Crippen LogP contribution is -2.10. The number of aryl methyl sites for hydroxylation is 2. The molecule has 134 valence electrons. The molecule has 1 N–H and O–H groups in total. The van der Waals surface area contributed by atoms with Gasteiger partial charge in [0.1, 0.15) is 18.1 Å². The van der Waals surface area contributed by atoms with Crippen LogP contribution in [-0.4, -0.2) is 13.0 Å². The van der Waals surface area contributed by atoms with Crippen LogP contribution in [0.2, 0.25) is 0 Å². The number of benzene rings is 2. The SMILES string of the molecule is COc1cccc(NC(=O)c2cc(COc3c(C)cccc3C)cs2)c1. The number of ether oxygens (including phenoxy) is 2. The molecule has 0 bridgehead atoms. The lowest BCUT2D eigenvalue weighted by molar-refractivity contribution is 0.103. The predicted molar refractivity (Wildman–Crippen MR) is 106 cm³/mol. The summed E-state index contributed by atoms with van der Waals surface area (Å²) in [5.41, 5.74) is 3.90. The van der Waals surface area contributed by atoms with Gasteiger partial charge in [0.25, 0.3) is 5.91 Å². The van der Waals surface area contributed by atoms with Crippen molar-refractivity contribution in [1.29, 1.82) is 0 Å². The van der Waals surface area contributed by atoms with Crippen LogP contribution in [-0.2, 0) is 6.61 Å². The number of para-hydroxylation sites is 1. The van der Waals surface area contributed by atoms with Crippen LogP contribution in [0.3, 0.4) is 0 Å². The molecule has 5 heteroatoms. The molecule has 1 heterocycles. The Morgan fingerprint density at radius 2 is 1.81 bits per heavy atom. The fourth-order valence-corrected chi connectivity index (χ4v) is 3.44. The number of hydrogen-bond donors (Lipinski definition) is 1. The molecule has 0 atom stereocenters. The normalized spacial score (nSPS) is 10.4. The maximum atomic E-state index is 12.4. The van der Waals surface area contributed by atoms with E-state index in [-0.39, 0.29) is 5.91 Å². The summed E-state index contributed by atoms with van der Waals surface area (Å²) >= 11 is 1.41. The van der Waals surface area contributed by atoms with Crippen molar-refractivity contribution in [3.63, 3.8) is 0 Å². The van der Waals surface area contributed by atoms with Gasteiger partial charge in [0.15, 0.2) is 0 Å². The van der Waals surface area contributed by atoms with Gasteiger partial charge in [0.2, 0.25) is 0 Å². The molecule has 0 saturated heterocycles. The monoisotopic (exact) mass is 367 g/mol. The first-order valence-corrected chi connectivity index (χ1v) is 9.16. The minimum atomic E-state index is -0.137. The fourth-order valence-electron chi connectivity index (χ4n) is 2.65. The molecule has 0 fully saturated rings. The molecule has 0 aliphatic rings. The zero-order chi connectivity index (χ0) is 18.5. The molecule has 26 heavy (non-hydrogen) atoms.